The van der Waals surface area contributed by atoms with Crippen molar-refractivity contribution in [1.29, 1.82) is 0 Å². The van der Waals surface area contributed by atoms with Gasteiger partial charge in [0.2, 0.25) is 5.91 Å². The molecular formula is C14H25NO. The van der Waals surface area contributed by atoms with Crippen molar-refractivity contribution in [3.63, 3.8) is 0 Å². The Bertz CT molecular complexity index is 268. The van der Waals surface area contributed by atoms with E-state index in [0.717, 1.165) is 6.54 Å². The Labute approximate surface area is 99.4 Å². The fourth-order valence-corrected chi connectivity index (χ4v) is 3.25. The molecule has 2 heteroatoms. The second kappa shape index (κ2) is 4.38. The topological polar surface area (TPSA) is 20.3 Å². The molecule has 0 radical (unpaired) electrons. The molecule has 92 valence electrons. The minimum atomic E-state index is 0.160. The predicted molar refractivity (Wildman–Crippen MR) is 66.1 cm³/mol. The van der Waals surface area contributed by atoms with Gasteiger partial charge in [-0.2, -0.15) is 0 Å². The molecule has 1 heterocycles. The minimum Gasteiger partial charge on any atom is -0.339 e. The van der Waals surface area contributed by atoms with Crippen molar-refractivity contribution in [2.75, 3.05) is 6.54 Å². The summed E-state index contributed by atoms with van der Waals surface area (Å²) in [4.78, 5) is 14.4. The summed E-state index contributed by atoms with van der Waals surface area (Å²) >= 11 is 0. The van der Waals surface area contributed by atoms with Crippen LogP contribution in [0, 0.1) is 11.3 Å². The van der Waals surface area contributed by atoms with Gasteiger partial charge in [0.05, 0.1) is 0 Å². The molecule has 2 rings (SSSR count). The number of carbonyl (C=O) groups excluding carboxylic acids is 1. The van der Waals surface area contributed by atoms with E-state index in [-0.39, 0.29) is 5.92 Å². The summed E-state index contributed by atoms with van der Waals surface area (Å²) in [7, 11) is 0. The SMILES string of the molecule is CCC1(C2CCCCN2C(=O)C(C)C)CC1. The molecule has 1 saturated heterocycles. The number of hydrogen-bond acceptors (Lipinski definition) is 1. The molecule has 1 aliphatic carbocycles. The van der Waals surface area contributed by atoms with Crippen molar-refractivity contribution in [2.45, 2.75) is 65.3 Å². The molecule has 0 spiro atoms. The zero-order valence-electron chi connectivity index (χ0n) is 11.0. The maximum atomic E-state index is 12.2. The molecule has 0 bridgehead atoms. The van der Waals surface area contributed by atoms with Gasteiger partial charge in [0, 0.05) is 18.5 Å². The highest BCUT2D eigenvalue weighted by molar-refractivity contribution is 5.78. The number of hydrogen-bond donors (Lipinski definition) is 0. The second-order valence-electron chi connectivity index (χ2n) is 5.91. The van der Waals surface area contributed by atoms with Gasteiger partial charge < -0.3 is 4.90 Å². The Morgan fingerprint density at radius 3 is 2.56 bits per heavy atom. The van der Waals surface area contributed by atoms with E-state index < -0.39 is 0 Å². The van der Waals surface area contributed by atoms with E-state index in [2.05, 4.69) is 11.8 Å². The normalized spacial score (nSPS) is 28.2. The van der Waals surface area contributed by atoms with Crippen LogP contribution in [0.1, 0.15) is 59.3 Å². The fourth-order valence-electron chi connectivity index (χ4n) is 3.25. The summed E-state index contributed by atoms with van der Waals surface area (Å²) in [5.41, 5.74) is 0.505. The molecule has 0 N–H and O–H groups in total. The Hall–Kier alpha value is -0.530. The first-order valence-electron chi connectivity index (χ1n) is 6.91. The highest BCUT2D eigenvalue weighted by Gasteiger charge is 2.51. The fraction of sp³-hybridized carbons (Fsp3) is 0.929. The Balaban J connectivity index is 2.11. The van der Waals surface area contributed by atoms with E-state index in [1.807, 2.05) is 13.8 Å². The van der Waals surface area contributed by atoms with Crippen LogP contribution in [-0.2, 0) is 4.79 Å². The monoisotopic (exact) mass is 223 g/mol. The lowest BCUT2D eigenvalue weighted by molar-refractivity contribution is -0.140. The lowest BCUT2D eigenvalue weighted by Crippen LogP contribution is -2.49. The average Bonchev–Trinajstić information content (AvgIpc) is 3.09. The molecule has 1 atom stereocenters. The summed E-state index contributed by atoms with van der Waals surface area (Å²) in [5, 5.41) is 0. The van der Waals surface area contributed by atoms with Crippen LogP contribution in [0.25, 0.3) is 0 Å². The van der Waals surface area contributed by atoms with Crippen molar-refractivity contribution in [3.05, 3.63) is 0 Å². The quantitative estimate of drug-likeness (QED) is 0.719. The third-order valence-corrected chi connectivity index (χ3v) is 4.58. The zero-order valence-corrected chi connectivity index (χ0v) is 11.0. The first kappa shape index (κ1) is 11.9. The van der Waals surface area contributed by atoms with Crippen LogP contribution >= 0.6 is 0 Å². The summed E-state index contributed by atoms with van der Waals surface area (Å²) in [6, 6.07) is 0.557. The molecule has 16 heavy (non-hydrogen) atoms. The molecular weight excluding hydrogens is 198 g/mol. The minimum absolute atomic E-state index is 0.160. The molecule has 1 unspecified atom stereocenters. The smallest absolute Gasteiger partial charge is 0.225 e. The standard InChI is InChI=1S/C14H25NO/c1-4-14(8-9-14)12-7-5-6-10-15(12)13(16)11(2)3/h11-12H,4-10H2,1-3H3. The number of likely N-dealkylation sites (tertiary alicyclic amines) is 1. The Morgan fingerprint density at radius 1 is 1.38 bits per heavy atom. The summed E-state index contributed by atoms with van der Waals surface area (Å²) in [6.45, 7) is 7.35. The molecule has 2 nitrogen and oxygen atoms in total. The number of rotatable bonds is 3. The van der Waals surface area contributed by atoms with Crippen LogP contribution in [0.4, 0.5) is 0 Å². The maximum Gasteiger partial charge on any atom is 0.225 e. The van der Waals surface area contributed by atoms with E-state index in [1.54, 1.807) is 0 Å². The lowest BCUT2D eigenvalue weighted by atomic mass is 9.85. The van der Waals surface area contributed by atoms with Crippen LogP contribution in [-0.4, -0.2) is 23.4 Å². The van der Waals surface area contributed by atoms with Crippen LogP contribution in [0.3, 0.4) is 0 Å². The van der Waals surface area contributed by atoms with Crippen molar-refractivity contribution in [1.82, 2.24) is 4.90 Å². The number of nitrogens with zero attached hydrogens (tertiary/aromatic N) is 1. The first-order chi connectivity index (χ1) is 7.60. The third kappa shape index (κ3) is 1.99. The molecule has 0 aromatic rings. The second-order valence-corrected chi connectivity index (χ2v) is 5.91. The van der Waals surface area contributed by atoms with Crippen LogP contribution < -0.4 is 0 Å². The summed E-state index contributed by atoms with van der Waals surface area (Å²) in [5.74, 6) is 0.540. The molecule has 2 aliphatic rings. The summed E-state index contributed by atoms with van der Waals surface area (Å²) < 4.78 is 0. The Kier molecular flexibility index (Phi) is 3.27. The number of carbonyl (C=O) groups is 1. The molecule has 1 saturated carbocycles. The van der Waals surface area contributed by atoms with Gasteiger partial charge in [-0.1, -0.05) is 20.8 Å². The first-order valence-corrected chi connectivity index (χ1v) is 6.91. The van der Waals surface area contributed by atoms with Gasteiger partial charge >= 0.3 is 0 Å². The highest BCUT2D eigenvalue weighted by atomic mass is 16.2. The third-order valence-electron chi connectivity index (χ3n) is 4.58. The molecule has 1 aliphatic heterocycles. The Morgan fingerprint density at radius 2 is 2.06 bits per heavy atom. The van der Waals surface area contributed by atoms with Crippen molar-refractivity contribution in [2.24, 2.45) is 11.3 Å². The average molecular weight is 223 g/mol. The van der Waals surface area contributed by atoms with Crippen molar-refractivity contribution in [3.8, 4) is 0 Å². The van der Waals surface area contributed by atoms with Crippen LogP contribution in [0.2, 0.25) is 0 Å². The number of amides is 1. The largest absolute Gasteiger partial charge is 0.339 e. The van der Waals surface area contributed by atoms with Gasteiger partial charge in [0.25, 0.3) is 0 Å². The predicted octanol–water partition coefficient (Wildman–Crippen LogP) is 3.21. The van der Waals surface area contributed by atoms with Gasteiger partial charge in [-0.3, -0.25) is 4.79 Å². The van der Waals surface area contributed by atoms with Gasteiger partial charge in [-0.05, 0) is 43.9 Å². The van der Waals surface area contributed by atoms with Gasteiger partial charge in [-0.25, -0.2) is 0 Å². The number of piperidine rings is 1. The zero-order chi connectivity index (χ0) is 11.8. The molecule has 2 fully saturated rings. The van der Waals surface area contributed by atoms with Crippen molar-refractivity contribution >= 4 is 5.91 Å². The maximum absolute atomic E-state index is 12.2. The van der Waals surface area contributed by atoms with E-state index in [1.165, 1.54) is 38.5 Å². The lowest BCUT2D eigenvalue weighted by Gasteiger charge is -2.41. The summed E-state index contributed by atoms with van der Waals surface area (Å²) in [6.07, 6.45) is 7.70. The van der Waals surface area contributed by atoms with E-state index in [4.69, 9.17) is 0 Å². The molecule has 0 aromatic carbocycles. The molecule has 0 aromatic heterocycles. The van der Waals surface area contributed by atoms with E-state index in [0.29, 0.717) is 17.4 Å². The van der Waals surface area contributed by atoms with E-state index in [9.17, 15) is 4.79 Å². The van der Waals surface area contributed by atoms with Gasteiger partial charge in [0.1, 0.15) is 0 Å². The van der Waals surface area contributed by atoms with Gasteiger partial charge in [0.15, 0.2) is 0 Å². The molecule has 1 amide bonds. The van der Waals surface area contributed by atoms with Crippen LogP contribution in [0.15, 0.2) is 0 Å². The highest BCUT2D eigenvalue weighted by Crippen LogP contribution is 2.55. The van der Waals surface area contributed by atoms with Crippen LogP contribution in [0.5, 0.6) is 0 Å². The van der Waals surface area contributed by atoms with Crippen molar-refractivity contribution < 1.29 is 4.79 Å². The van der Waals surface area contributed by atoms with E-state index >= 15 is 0 Å². The van der Waals surface area contributed by atoms with Gasteiger partial charge in [-0.15, -0.1) is 0 Å².